The van der Waals surface area contributed by atoms with E-state index in [0.717, 1.165) is 0 Å². The molecule has 64 valence electrons. The molecule has 0 aromatic carbocycles. The van der Waals surface area contributed by atoms with E-state index in [4.69, 9.17) is 17.2 Å². The lowest BCUT2D eigenvalue weighted by Gasteiger charge is -2.14. The van der Waals surface area contributed by atoms with Crippen molar-refractivity contribution < 1.29 is 9.59 Å². The number of primary amides is 2. The maximum absolute atomic E-state index is 10.6. The molecule has 2 atom stereocenters. The molecule has 0 bridgehead atoms. The van der Waals surface area contributed by atoms with Gasteiger partial charge in [-0.3, -0.25) is 9.59 Å². The van der Waals surface area contributed by atoms with Gasteiger partial charge in [0, 0.05) is 12.5 Å². The normalized spacial score (nSPS) is 15.5. The highest BCUT2D eigenvalue weighted by atomic mass is 16.2. The molecule has 5 nitrogen and oxygen atoms in total. The molecule has 2 unspecified atom stereocenters. The standard InChI is InChI=1S/C6H13N3O2/c1-3(7)4(6(9)11)2-5(8)10/h3-4H,2,7H2,1H3,(H2,8,10)(H2,9,11). The summed E-state index contributed by atoms with van der Waals surface area (Å²) in [5.74, 6) is -1.79. The molecule has 0 aliphatic carbocycles. The van der Waals surface area contributed by atoms with E-state index in [-0.39, 0.29) is 6.42 Å². The summed E-state index contributed by atoms with van der Waals surface area (Å²) in [4.78, 5) is 21.0. The van der Waals surface area contributed by atoms with E-state index in [1.54, 1.807) is 6.92 Å². The second-order valence-electron chi connectivity index (χ2n) is 2.54. The van der Waals surface area contributed by atoms with E-state index in [1.807, 2.05) is 0 Å². The fraction of sp³-hybridized carbons (Fsp3) is 0.667. The van der Waals surface area contributed by atoms with Crippen LogP contribution >= 0.6 is 0 Å². The number of amides is 2. The topological polar surface area (TPSA) is 112 Å². The maximum atomic E-state index is 10.6. The summed E-state index contributed by atoms with van der Waals surface area (Å²) >= 11 is 0. The molecule has 0 saturated carbocycles. The molecule has 0 aromatic heterocycles. The van der Waals surface area contributed by atoms with Gasteiger partial charge < -0.3 is 17.2 Å². The number of carbonyl (C=O) groups is 2. The van der Waals surface area contributed by atoms with E-state index in [2.05, 4.69) is 0 Å². The van der Waals surface area contributed by atoms with Gasteiger partial charge in [0.15, 0.2) is 0 Å². The average Bonchev–Trinajstić information content (AvgIpc) is 1.81. The van der Waals surface area contributed by atoms with Gasteiger partial charge in [-0.25, -0.2) is 0 Å². The number of rotatable bonds is 4. The number of carbonyl (C=O) groups excluding carboxylic acids is 2. The molecule has 0 aliphatic heterocycles. The monoisotopic (exact) mass is 159 g/mol. The van der Waals surface area contributed by atoms with Crippen LogP contribution in [0.2, 0.25) is 0 Å². The number of nitrogens with two attached hydrogens (primary N) is 3. The second kappa shape index (κ2) is 3.92. The van der Waals surface area contributed by atoms with Crippen molar-refractivity contribution >= 4 is 11.8 Å². The average molecular weight is 159 g/mol. The second-order valence-corrected chi connectivity index (χ2v) is 2.54. The van der Waals surface area contributed by atoms with Crippen LogP contribution in [-0.2, 0) is 9.59 Å². The summed E-state index contributed by atoms with van der Waals surface area (Å²) < 4.78 is 0. The van der Waals surface area contributed by atoms with Gasteiger partial charge in [-0.2, -0.15) is 0 Å². The Morgan fingerprint density at radius 3 is 1.91 bits per heavy atom. The summed E-state index contributed by atoms with van der Waals surface area (Å²) in [6.45, 7) is 1.61. The Labute approximate surface area is 64.9 Å². The Balaban J connectivity index is 4.12. The van der Waals surface area contributed by atoms with Crippen LogP contribution in [0.25, 0.3) is 0 Å². The summed E-state index contributed by atoms with van der Waals surface area (Å²) in [5.41, 5.74) is 15.2. The first-order valence-corrected chi connectivity index (χ1v) is 3.28. The maximum Gasteiger partial charge on any atom is 0.222 e. The van der Waals surface area contributed by atoms with Gasteiger partial charge in [0.2, 0.25) is 11.8 Å². The summed E-state index contributed by atoms with van der Waals surface area (Å²) in [5, 5.41) is 0. The first-order chi connectivity index (χ1) is 4.95. The molecule has 5 heteroatoms. The van der Waals surface area contributed by atoms with E-state index in [9.17, 15) is 9.59 Å². The number of hydrogen-bond donors (Lipinski definition) is 3. The third kappa shape index (κ3) is 3.57. The van der Waals surface area contributed by atoms with Crippen LogP contribution in [0.3, 0.4) is 0 Å². The van der Waals surface area contributed by atoms with Crippen LogP contribution in [0.4, 0.5) is 0 Å². The predicted molar refractivity (Wildman–Crippen MR) is 40.1 cm³/mol. The van der Waals surface area contributed by atoms with Gasteiger partial charge in [-0.1, -0.05) is 0 Å². The van der Waals surface area contributed by atoms with Crippen molar-refractivity contribution in [2.24, 2.45) is 23.1 Å². The van der Waals surface area contributed by atoms with Crippen LogP contribution < -0.4 is 17.2 Å². The summed E-state index contributed by atoms with van der Waals surface area (Å²) in [6.07, 6.45) is -0.0764. The fourth-order valence-corrected chi connectivity index (χ4v) is 0.762. The van der Waals surface area contributed by atoms with E-state index >= 15 is 0 Å². The van der Waals surface area contributed by atoms with Gasteiger partial charge in [0.25, 0.3) is 0 Å². The lowest BCUT2D eigenvalue weighted by Crippen LogP contribution is -2.39. The predicted octanol–water partition coefficient (Wildman–Crippen LogP) is -1.69. The minimum atomic E-state index is -0.646. The highest BCUT2D eigenvalue weighted by Gasteiger charge is 2.21. The zero-order valence-electron chi connectivity index (χ0n) is 6.41. The molecule has 2 amide bonds. The van der Waals surface area contributed by atoms with Gasteiger partial charge >= 0.3 is 0 Å². The fourth-order valence-electron chi connectivity index (χ4n) is 0.762. The quantitative estimate of drug-likeness (QED) is 0.455. The Morgan fingerprint density at radius 1 is 1.36 bits per heavy atom. The molecule has 11 heavy (non-hydrogen) atoms. The smallest absolute Gasteiger partial charge is 0.222 e. The molecule has 0 aromatic rings. The Kier molecular flexibility index (Phi) is 3.53. The zero-order valence-corrected chi connectivity index (χ0v) is 6.41. The van der Waals surface area contributed by atoms with Crippen molar-refractivity contribution in [1.82, 2.24) is 0 Å². The van der Waals surface area contributed by atoms with E-state index < -0.39 is 23.8 Å². The third-order valence-corrected chi connectivity index (χ3v) is 1.42. The number of hydrogen-bond acceptors (Lipinski definition) is 3. The highest BCUT2D eigenvalue weighted by molar-refractivity contribution is 5.84. The van der Waals surface area contributed by atoms with Crippen LogP contribution in [0.1, 0.15) is 13.3 Å². The van der Waals surface area contributed by atoms with Crippen molar-refractivity contribution in [2.75, 3.05) is 0 Å². The molecule has 0 radical (unpaired) electrons. The van der Waals surface area contributed by atoms with Crippen LogP contribution in [0, 0.1) is 5.92 Å². The Morgan fingerprint density at radius 2 is 1.82 bits per heavy atom. The molecule has 0 aliphatic rings. The van der Waals surface area contributed by atoms with Gasteiger partial charge in [0.05, 0.1) is 5.92 Å². The first kappa shape index (κ1) is 9.90. The van der Waals surface area contributed by atoms with Gasteiger partial charge in [0.1, 0.15) is 0 Å². The Bertz CT molecular complexity index is 167. The lowest BCUT2D eigenvalue weighted by atomic mass is 9.97. The molecule has 6 N–H and O–H groups in total. The zero-order chi connectivity index (χ0) is 9.02. The molecule has 0 fully saturated rings. The van der Waals surface area contributed by atoms with Crippen molar-refractivity contribution in [3.05, 3.63) is 0 Å². The minimum Gasteiger partial charge on any atom is -0.370 e. The Hall–Kier alpha value is -1.10. The van der Waals surface area contributed by atoms with Crippen LogP contribution in [0.15, 0.2) is 0 Å². The molecular weight excluding hydrogens is 146 g/mol. The lowest BCUT2D eigenvalue weighted by molar-refractivity contribution is -0.127. The van der Waals surface area contributed by atoms with Crippen molar-refractivity contribution in [3.8, 4) is 0 Å². The summed E-state index contributed by atoms with van der Waals surface area (Å²) in [7, 11) is 0. The highest BCUT2D eigenvalue weighted by Crippen LogP contribution is 2.04. The van der Waals surface area contributed by atoms with Crippen LogP contribution in [-0.4, -0.2) is 17.9 Å². The molecule has 0 heterocycles. The third-order valence-electron chi connectivity index (χ3n) is 1.42. The minimum absolute atomic E-state index is 0.0764. The SMILES string of the molecule is CC(N)C(CC(N)=O)C(N)=O. The largest absolute Gasteiger partial charge is 0.370 e. The van der Waals surface area contributed by atoms with Gasteiger partial charge in [-0.05, 0) is 6.92 Å². The van der Waals surface area contributed by atoms with E-state index in [1.165, 1.54) is 0 Å². The molecule has 0 spiro atoms. The van der Waals surface area contributed by atoms with Crippen LogP contribution in [0.5, 0.6) is 0 Å². The van der Waals surface area contributed by atoms with Crippen molar-refractivity contribution in [2.45, 2.75) is 19.4 Å². The van der Waals surface area contributed by atoms with Crippen molar-refractivity contribution in [3.63, 3.8) is 0 Å². The van der Waals surface area contributed by atoms with E-state index in [0.29, 0.717) is 0 Å². The molecule has 0 saturated heterocycles. The van der Waals surface area contributed by atoms with Gasteiger partial charge in [-0.15, -0.1) is 0 Å². The molecular formula is C6H13N3O2. The molecule has 0 rings (SSSR count). The first-order valence-electron chi connectivity index (χ1n) is 3.28. The van der Waals surface area contributed by atoms with Crippen molar-refractivity contribution in [1.29, 1.82) is 0 Å². The summed E-state index contributed by atoms with van der Waals surface area (Å²) in [6, 6.07) is -0.431.